The van der Waals surface area contributed by atoms with Crippen molar-refractivity contribution in [2.75, 3.05) is 0 Å². The molecule has 0 aromatic rings. The van der Waals surface area contributed by atoms with Gasteiger partial charge in [0.2, 0.25) is 0 Å². The number of hydrogen-bond donors (Lipinski definition) is 0. The summed E-state index contributed by atoms with van der Waals surface area (Å²) >= 11 is 0. The quantitative estimate of drug-likeness (QED) is 0.609. The molecule has 0 aromatic heterocycles. The lowest BCUT2D eigenvalue weighted by Gasteiger charge is -2.02. The van der Waals surface area contributed by atoms with Crippen molar-refractivity contribution in [1.29, 1.82) is 0 Å². The highest BCUT2D eigenvalue weighted by Gasteiger charge is 1.94. The molecular weight excluding hydrogens is 180 g/mol. The fourth-order valence-corrected chi connectivity index (χ4v) is 0.817. The Morgan fingerprint density at radius 2 is 1.53 bits per heavy atom. The van der Waals surface area contributed by atoms with Gasteiger partial charge in [-0.05, 0) is 54.8 Å². The van der Waals surface area contributed by atoms with Crippen LogP contribution in [0.1, 0.15) is 40.0 Å². The minimum absolute atomic E-state index is 0.756. The van der Waals surface area contributed by atoms with Crippen molar-refractivity contribution in [1.82, 2.24) is 0 Å². The van der Waals surface area contributed by atoms with E-state index < -0.39 is 0 Å². The lowest BCUT2D eigenvalue weighted by molar-refractivity contribution is 0.525. The average Bonchev–Trinajstić information content (AvgIpc) is 2.26. The van der Waals surface area contributed by atoms with E-state index in [2.05, 4.69) is 61.2 Å². The van der Waals surface area contributed by atoms with Crippen LogP contribution in [0.5, 0.6) is 0 Å². The first-order chi connectivity index (χ1) is 7.31. The van der Waals surface area contributed by atoms with Gasteiger partial charge < -0.3 is 0 Å². The van der Waals surface area contributed by atoms with Crippen molar-refractivity contribution < 1.29 is 0 Å². The first-order valence-electron chi connectivity index (χ1n) is 5.20. The summed E-state index contributed by atoms with van der Waals surface area (Å²) < 4.78 is 0. The van der Waals surface area contributed by atoms with E-state index in [-0.39, 0.29) is 0 Å². The van der Waals surface area contributed by atoms with Crippen LogP contribution in [0.2, 0.25) is 0 Å². The third kappa shape index (κ3) is 10.2. The SMILES string of the molecule is CC#CC#CC#CC#CCCC(C)CC. The maximum absolute atomic E-state index is 3.01. The van der Waals surface area contributed by atoms with Gasteiger partial charge in [-0.3, -0.25) is 0 Å². The zero-order valence-electron chi connectivity index (χ0n) is 9.70. The van der Waals surface area contributed by atoms with Crippen LogP contribution in [-0.4, -0.2) is 0 Å². The second-order valence-corrected chi connectivity index (χ2v) is 3.23. The summed E-state index contributed by atoms with van der Waals surface area (Å²) in [6.07, 6.45) is 3.29. The molecule has 0 N–H and O–H groups in total. The van der Waals surface area contributed by atoms with E-state index in [1.54, 1.807) is 6.92 Å². The van der Waals surface area contributed by atoms with Crippen LogP contribution in [0.25, 0.3) is 0 Å². The third-order valence-corrected chi connectivity index (χ3v) is 1.98. The van der Waals surface area contributed by atoms with Crippen LogP contribution < -0.4 is 0 Å². The molecule has 0 bridgehead atoms. The van der Waals surface area contributed by atoms with Gasteiger partial charge in [-0.25, -0.2) is 0 Å². The molecule has 0 aliphatic heterocycles. The molecule has 0 nitrogen and oxygen atoms in total. The fourth-order valence-electron chi connectivity index (χ4n) is 0.817. The molecule has 1 atom stereocenters. The molecule has 0 saturated heterocycles. The molecule has 0 amide bonds. The van der Waals surface area contributed by atoms with E-state index in [1.807, 2.05) is 0 Å². The fraction of sp³-hybridized carbons (Fsp3) is 0.467. The molecule has 0 aliphatic rings. The second-order valence-electron chi connectivity index (χ2n) is 3.23. The zero-order valence-corrected chi connectivity index (χ0v) is 9.70. The summed E-state index contributed by atoms with van der Waals surface area (Å²) in [7, 11) is 0. The molecule has 76 valence electrons. The average molecular weight is 196 g/mol. The van der Waals surface area contributed by atoms with Crippen LogP contribution in [0.3, 0.4) is 0 Å². The normalized spacial score (nSPS) is 8.73. The molecule has 0 heterocycles. The van der Waals surface area contributed by atoms with Crippen molar-refractivity contribution in [3.05, 3.63) is 0 Å². The Kier molecular flexibility index (Phi) is 9.11. The predicted molar refractivity (Wildman–Crippen MR) is 65.5 cm³/mol. The summed E-state index contributed by atoms with van der Waals surface area (Å²) in [6, 6.07) is 0. The smallest absolute Gasteiger partial charge is 0.0101 e. The predicted octanol–water partition coefficient (Wildman–Crippen LogP) is 2.85. The summed E-state index contributed by atoms with van der Waals surface area (Å²) in [5.41, 5.74) is 0. The van der Waals surface area contributed by atoms with Gasteiger partial charge in [0.25, 0.3) is 0 Å². The highest BCUT2D eigenvalue weighted by Crippen LogP contribution is 2.07. The van der Waals surface area contributed by atoms with E-state index in [9.17, 15) is 0 Å². The minimum Gasteiger partial charge on any atom is -0.0925 e. The second kappa shape index (κ2) is 10.3. The van der Waals surface area contributed by atoms with Crippen LogP contribution in [0.15, 0.2) is 0 Å². The molecule has 0 saturated carbocycles. The summed E-state index contributed by atoms with van der Waals surface area (Å²) in [5.74, 6) is 22.4. The zero-order chi connectivity index (χ0) is 11.4. The molecular formula is C15H16. The van der Waals surface area contributed by atoms with E-state index in [0.717, 1.165) is 18.8 Å². The van der Waals surface area contributed by atoms with Gasteiger partial charge >= 0.3 is 0 Å². The minimum atomic E-state index is 0.756. The topological polar surface area (TPSA) is 0 Å². The van der Waals surface area contributed by atoms with E-state index >= 15 is 0 Å². The van der Waals surface area contributed by atoms with E-state index in [4.69, 9.17) is 0 Å². The van der Waals surface area contributed by atoms with Gasteiger partial charge in [0.1, 0.15) is 0 Å². The third-order valence-electron chi connectivity index (χ3n) is 1.98. The standard InChI is InChI=1S/C15H16/c1-4-6-7-8-9-10-11-12-13-14-15(3)5-2/h15H,5,13-14H2,1-3H3. The molecule has 0 radical (unpaired) electrons. The lowest BCUT2D eigenvalue weighted by Crippen LogP contribution is -1.89. The summed E-state index contributed by atoms with van der Waals surface area (Å²) in [6.45, 7) is 6.18. The van der Waals surface area contributed by atoms with E-state index in [0.29, 0.717) is 0 Å². The highest BCUT2D eigenvalue weighted by atomic mass is 14.0. The van der Waals surface area contributed by atoms with Gasteiger partial charge in [-0.1, -0.05) is 32.1 Å². The highest BCUT2D eigenvalue weighted by molar-refractivity contribution is 5.39. The molecule has 0 aromatic carbocycles. The molecule has 0 aliphatic carbocycles. The van der Waals surface area contributed by atoms with Gasteiger partial charge in [0.15, 0.2) is 0 Å². The number of rotatable bonds is 3. The monoisotopic (exact) mass is 196 g/mol. The molecule has 0 spiro atoms. The van der Waals surface area contributed by atoms with E-state index in [1.165, 1.54) is 6.42 Å². The van der Waals surface area contributed by atoms with Gasteiger partial charge in [0.05, 0.1) is 0 Å². The first kappa shape index (κ1) is 13.2. The molecule has 15 heavy (non-hydrogen) atoms. The van der Waals surface area contributed by atoms with Crippen molar-refractivity contribution in [3.8, 4) is 47.4 Å². The summed E-state index contributed by atoms with van der Waals surface area (Å²) in [5, 5.41) is 0. The van der Waals surface area contributed by atoms with Crippen LogP contribution in [0, 0.1) is 53.3 Å². The van der Waals surface area contributed by atoms with Crippen molar-refractivity contribution >= 4 is 0 Å². The van der Waals surface area contributed by atoms with Gasteiger partial charge in [-0.15, -0.1) is 0 Å². The van der Waals surface area contributed by atoms with Crippen molar-refractivity contribution in [3.63, 3.8) is 0 Å². The maximum Gasteiger partial charge on any atom is 0.0101 e. The Bertz CT molecular complexity index is 396. The Hall–Kier alpha value is -1.76. The van der Waals surface area contributed by atoms with Crippen LogP contribution >= 0.6 is 0 Å². The molecule has 1 unspecified atom stereocenters. The Balaban J connectivity index is 3.80. The van der Waals surface area contributed by atoms with Crippen LogP contribution in [0.4, 0.5) is 0 Å². The Labute approximate surface area is 93.8 Å². The van der Waals surface area contributed by atoms with Crippen molar-refractivity contribution in [2.24, 2.45) is 5.92 Å². The largest absolute Gasteiger partial charge is 0.0925 e. The molecule has 0 rings (SSSR count). The maximum atomic E-state index is 3.01. The Morgan fingerprint density at radius 1 is 0.933 bits per heavy atom. The first-order valence-corrected chi connectivity index (χ1v) is 5.20. The van der Waals surface area contributed by atoms with Crippen LogP contribution in [-0.2, 0) is 0 Å². The lowest BCUT2D eigenvalue weighted by atomic mass is 10.0. The van der Waals surface area contributed by atoms with Crippen molar-refractivity contribution in [2.45, 2.75) is 40.0 Å². The van der Waals surface area contributed by atoms with Gasteiger partial charge in [-0.2, -0.15) is 0 Å². The Morgan fingerprint density at radius 3 is 2.13 bits per heavy atom. The number of hydrogen-bond acceptors (Lipinski definition) is 0. The van der Waals surface area contributed by atoms with Gasteiger partial charge in [0, 0.05) is 6.42 Å². The molecule has 0 heteroatoms. The summed E-state index contributed by atoms with van der Waals surface area (Å²) in [4.78, 5) is 0. The molecule has 0 fully saturated rings.